The van der Waals surface area contributed by atoms with Crippen LogP contribution in [-0.2, 0) is 6.42 Å². The molecule has 0 bridgehead atoms. The molecule has 0 aliphatic rings. The summed E-state index contributed by atoms with van der Waals surface area (Å²) in [4.78, 5) is 2.23. The summed E-state index contributed by atoms with van der Waals surface area (Å²) in [5.41, 5.74) is 2.44. The van der Waals surface area contributed by atoms with Crippen molar-refractivity contribution >= 4 is 0 Å². The summed E-state index contributed by atoms with van der Waals surface area (Å²) in [5, 5.41) is 9.34. The van der Waals surface area contributed by atoms with Gasteiger partial charge in [0.15, 0.2) is 0 Å². The lowest BCUT2D eigenvalue weighted by Gasteiger charge is -2.20. The molecule has 0 aliphatic heterocycles. The first-order valence-electron chi connectivity index (χ1n) is 6.96. The minimum absolute atomic E-state index is 0.0584. The topological polar surface area (TPSA) is 27.0 Å². The molecule has 0 saturated carbocycles. The Labute approximate surface area is 121 Å². The summed E-state index contributed by atoms with van der Waals surface area (Å²) in [5.74, 6) is -0.0584. The first kappa shape index (κ1) is 14.3. The molecule has 20 heavy (non-hydrogen) atoms. The molecule has 2 aromatic rings. The van der Waals surface area contributed by atoms with Crippen molar-refractivity contribution in [2.75, 3.05) is 20.1 Å². The zero-order valence-electron chi connectivity index (χ0n) is 11.9. The Bertz CT molecular complexity index is 543. The van der Waals surface area contributed by atoms with Gasteiger partial charge in [-0.25, -0.2) is 0 Å². The number of rotatable bonds is 6. The van der Waals surface area contributed by atoms with Crippen molar-refractivity contribution in [1.29, 1.82) is 5.26 Å². The molecule has 1 atom stereocenters. The summed E-state index contributed by atoms with van der Waals surface area (Å²) in [6.07, 6.45) is 1.02. The molecule has 0 amide bonds. The molecular weight excluding hydrogens is 244 g/mol. The van der Waals surface area contributed by atoms with Crippen LogP contribution in [0.25, 0.3) is 0 Å². The van der Waals surface area contributed by atoms with Gasteiger partial charge in [0.05, 0.1) is 12.0 Å². The van der Waals surface area contributed by atoms with Crippen molar-refractivity contribution in [1.82, 2.24) is 4.90 Å². The molecule has 2 nitrogen and oxygen atoms in total. The van der Waals surface area contributed by atoms with E-state index in [-0.39, 0.29) is 5.92 Å². The first-order chi connectivity index (χ1) is 9.79. The number of hydrogen-bond acceptors (Lipinski definition) is 2. The highest BCUT2D eigenvalue weighted by Gasteiger charge is 2.12. The van der Waals surface area contributed by atoms with E-state index in [1.54, 1.807) is 0 Å². The lowest BCUT2D eigenvalue weighted by molar-refractivity contribution is 0.331. The second-order valence-corrected chi connectivity index (χ2v) is 5.09. The molecular formula is C18H20N2. The van der Waals surface area contributed by atoms with E-state index in [1.807, 2.05) is 36.4 Å². The van der Waals surface area contributed by atoms with Crippen LogP contribution in [-0.4, -0.2) is 25.0 Å². The van der Waals surface area contributed by atoms with Crippen LogP contribution in [0.2, 0.25) is 0 Å². The van der Waals surface area contributed by atoms with E-state index in [9.17, 15) is 5.26 Å². The van der Waals surface area contributed by atoms with Crippen LogP contribution in [0.5, 0.6) is 0 Å². The summed E-state index contributed by atoms with van der Waals surface area (Å²) < 4.78 is 0. The van der Waals surface area contributed by atoms with E-state index in [1.165, 1.54) is 5.56 Å². The standard InChI is InChI=1S/C18H20N2/c1-20(13-12-16-8-4-2-5-9-16)15-18(14-19)17-10-6-3-7-11-17/h2-11,18H,12-13,15H2,1H3. The highest BCUT2D eigenvalue weighted by atomic mass is 15.1. The largest absolute Gasteiger partial charge is 0.304 e. The van der Waals surface area contributed by atoms with Crippen LogP contribution in [0, 0.1) is 11.3 Å². The Morgan fingerprint density at radius 1 is 1.00 bits per heavy atom. The minimum Gasteiger partial charge on any atom is -0.304 e. The maximum Gasteiger partial charge on any atom is 0.0839 e. The predicted octanol–water partition coefficient (Wildman–Crippen LogP) is 3.47. The Morgan fingerprint density at radius 2 is 1.60 bits per heavy atom. The monoisotopic (exact) mass is 264 g/mol. The molecule has 1 unspecified atom stereocenters. The maximum absolute atomic E-state index is 9.34. The van der Waals surface area contributed by atoms with Crippen LogP contribution < -0.4 is 0 Å². The van der Waals surface area contributed by atoms with Crippen LogP contribution >= 0.6 is 0 Å². The van der Waals surface area contributed by atoms with Gasteiger partial charge in [0, 0.05) is 13.1 Å². The van der Waals surface area contributed by atoms with Gasteiger partial charge in [0.25, 0.3) is 0 Å². The molecule has 0 aliphatic carbocycles. The second-order valence-electron chi connectivity index (χ2n) is 5.09. The van der Waals surface area contributed by atoms with E-state index >= 15 is 0 Å². The molecule has 0 heterocycles. The zero-order chi connectivity index (χ0) is 14.2. The average molecular weight is 264 g/mol. The predicted molar refractivity (Wildman–Crippen MR) is 82.4 cm³/mol. The SMILES string of the molecule is CN(CCc1ccccc1)CC(C#N)c1ccccc1. The summed E-state index contributed by atoms with van der Waals surface area (Å²) >= 11 is 0. The maximum atomic E-state index is 9.34. The van der Waals surface area contributed by atoms with Gasteiger partial charge in [-0.05, 0) is 24.6 Å². The summed E-state index contributed by atoms with van der Waals surface area (Å²) in [6, 6.07) is 22.9. The van der Waals surface area contributed by atoms with Crippen molar-refractivity contribution in [2.24, 2.45) is 0 Å². The highest BCUT2D eigenvalue weighted by molar-refractivity contribution is 5.25. The fraction of sp³-hybridized carbons (Fsp3) is 0.278. The molecule has 0 aromatic heterocycles. The van der Waals surface area contributed by atoms with Crippen LogP contribution in [0.1, 0.15) is 17.0 Å². The van der Waals surface area contributed by atoms with Gasteiger partial charge in [-0.1, -0.05) is 60.7 Å². The number of hydrogen-bond donors (Lipinski definition) is 0. The van der Waals surface area contributed by atoms with Crippen molar-refractivity contribution in [3.8, 4) is 6.07 Å². The van der Waals surface area contributed by atoms with Gasteiger partial charge < -0.3 is 4.90 Å². The summed E-state index contributed by atoms with van der Waals surface area (Å²) in [7, 11) is 2.08. The third kappa shape index (κ3) is 4.22. The average Bonchev–Trinajstić information content (AvgIpc) is 2.52. The second kappa shape index (κ2) is 7.47. The molecule has 0 fully saturated rings. The Morgan fingerprint density at radius 3 is 2.20 bits per heavy atom. The molecule has 0 N–H and O–H groups in total. The van der Waals surface area contributed by atoms with E-state index in [4.69, 9.17) is 0 Å². The van der Waals surface area contributed by atoms with E-state index in [0.29, 0.717) is 0 Å². The summed E-state index contributed by atoms with van der Waals surface area (Å²) in [6.45, 7) is 1.74. The van der Waals surface area contributed by atoms with Crippen molar-refractivity contribution in [3.63, 3.8) is 0 Å². The Balaban J connectivity index is 1.87. The third-order valence-electron chi connectivity index (χ3n) is 3.48. The van der Waals surface area contributed by atoms with Crippen molar-refractivity contribution in [3.05, 3.63) is 71.8 Å². The third-order valence-corrected chi connectivity index (χ3v) is 3.48. The number of nitrogens with zero attached hydrogens (tertiary/aromatic N) is 2. The number of likely N-dealkylation sites (N-methyl/N-ethyl adjacent to an activating group) is 1. The minimum atomic E-state index is -0.0584. The van der Waals surface area contributed by atoms with Gasteiger partial charge in [0.2, 0.25) is 0 Å². The van der Waals surface area contributed by atoms with Crippen LogP contribution in [0.4, 0.5) is 0 Å². The molecule has 0 spiro atoms. The highest BCUT2D eigenvalue weighted by Crippen LogP contribution is 2.15. The molecule has 2 heteroatoms. The first-order valence-corrected chi connectivity index (χ1v) is 6.96. The van der Waals surface area contributed by atoms with Crippen LogP contribution in [0.3, 0.4) is 0 Å². The van der Waals surface area contributed by atoms with Crippen molar-refractivity contribution < 1.29 is 0 Å². The molecule has 0 radical (unpaired) electrons. The number of nitriles is 1. The fourth-order valence-corrected chi connectivity index (χ4v) is 2.27. The Hall–Kier alpha value is -2.11. The lowest BCUT2D eigenvalue weighted by atomic mass is 10.00. The zero-order valence-corrected chi connectivity index (χ0v) is 11.9. The molecule has 0 saturated heterocycles. The van der Waals surface area contributed by atoms with Crippen LogP contribution in [0.15, 0.2) is 60.7 Å². The smallest absolute Gasteiger partial charge is 0.0839 e. The normalized spacial score (nSPS) is 12.1. The van der Waals surface area contributed by atoms with E-state index in [2.05, 4.69) is 42.3 Å². The van der Waals surface area contributed by atoms with Gasteiger partial charge in [-0.3, -0.25) is 0 Å². The lowest BCUT2D eigenvalue weighted by Crippen LogP contribution is -2.26. The van der Waals surface area contributed by atoms with Crippen molar-refractivity contribution in [2.45, 2.75) is 12.3 Å². The van der Waals surface area contributed by atoms with Gasteiger partial charge in [0.1, 0.15) is 0 Å². The van der Waals surface area contributed by atoms with Gasteiger partial charge in [-0.2, -0.15) is 5.26 Å². The van der Waals surface area contributed by atoms with Gasteiger partial charge >= 0.3 is 0 Å². The molecule has 2 aromatic carbocycles. The quantitative estimate of drug-likeness (QED) is 0.799. The van der Waals surface area contributed by atoms with E-state index < -0.39 is 0 Å². The molecule has 2 rings (SSSR count). The Kier molecular flexibility index (Phi) is 5.34. The fourth-order valence-electron chi connectivity index (χ4n) is 2.27. The van der Waals surface area contributed by atoms with Gasteiger partial charge in [-0.15, -0.1) is 0 Å². The molecule has 102 valence electrons. The van der Waals surface area contributed by atoms with E-state index in [0.717, 1.165) is 25.1 Å². The number of benzene rings is 2.